The maximum Gasteiger partial charge on any atom is 0.237 e. The number of benzene rings is 1. The third kappa shape index (κ3) is 6.30. The maximum atomic E-state index is 12.1. The van der Waals surface area contributed by atoms with Crippen molar-refractivity contribution in [3.8, 4) is 0 Å². The summed E-state index contributed by atoms with van der Waals surface area (Å²) in [6.07, 6.45) is 2.48. The summed E-state index contributed by atoms with van der Waals surface area (Å²) in [5, 5.41) is 3.03. The van der Waals surface area contributed by atoms with E-state index in [2.05, 4.69) is 34.5 Å². The molecule has 1 unspecified atom stereocenters. The van der Waals surface area contributed by atoms with Crippen molar-refractivity contribution in [3.05, 3.63) is 35.9 Å². The van der Waals surface area contributed by atoms with E-state index in [1.54, 1.807) is 0 Å². The molecule has 0 aliphatic carbocycles. The molecule has 2 atom stereocenters. The Morgan fingerprint density at radius 2 is 1.74 bits per heavy atom. The van der Waals surface area contributed by atoms with Gasteiger partial charge in [0.25, 0.3) is 0 Å². The lowest BCUT2D eigenvalue weighted by Crippen LogP contribution is -2.46. The van der Waals surface area contributed by atoms with E-state index in [9.17, 15) is 4.79 Å². The fourth-order valence-corrected chi connectivity index (χ4v) is 2.80. The summed E-state index contributed by atoms with van der Waals surface area (Å²) in [7, 11) is 0. The normalized spacial score (nSPS) is 17.0. The number of nitrogens with two attached hydrogens (primary N) is 1. The van der Waals surface area contributed by atoms with Crippen LogP contribution in [0, 0.1) is 5.92 Å². The number of carbonyl (C=O) groups is 1. The lowest BCUT2D eigenvalue weighted by atomic mass is 10.0. The average molecular weight is 362 g/mol. The van der Waals surface area contributed by atoms with E-state index in [1.807, 2.05) is 19.9 Å². The Labute approximate surface area is 152 Å². The van der Waals surface area contributed by atoms with Crippen molar-refractivity contribution in [1.82, 2.24) is 10.2 Å². The predicted molar refractivity (Wildman–Crippen MR) is 100 cm³/mol. The fourth-order valence-electron chi connectivity index (χ4n) is 2.80. The molecule has 1 amide bonds. The Kier molecular flexibility index (Phi) is 10.5. The van der Waals surface area contributed by atoms with Crippen molar-refractivity contribution in [2.24, 2.45) is 11.7 Å². The van der Waals surface area contributed by atoms with E-state index in [1.165, 1.54) is 18.4 Å². The Morgan fingerprint density at radius 3 is 2.26 bits per heavy atom. The minimum Gasteiger partial charge on any atom is -0.353 e. The van der Waals surface area contributed by atoms with Crippen molar-refractivity contribution in [1.29, 1.82) is 0 Å². The third-order valence-corrected chi connectivity index (χ3v) is 4.26. The van der Waals surface area contributed by atoms with Crippen LogP contribution in [0.2, 0.25) is 0 Å². The minimum atomic E-state index is -0.431. The summed E-state index contributed by atoms with van der Waals surface area (Å²) < 4.78 is 0. The zero-order valence-electron chi connectivity index (χ0n) is 13.9. The first-order chi connectivity index (χ1) is 10.1. The Bertz CT molecular complexity index is 450. The molecule has 0 bridgehead atoms. The summed E-state index contributed by atoms with van der Waals surface area (Å²) in [5.41, 5.74) is 7.17. The molecule has 1 saturated heterocycles. The zero-order valence-corrected chi connectivity index (χ0v) is 15.5. The lowest BCUT2D eigenvalue weighted by Gasteiger charge is -2.29. The third-order valence-electron chi connectivity index (χ3n) is 4.26. The second-order valence-electron chi connectivity index (χ2n) is 6.18. The molecule has 1 aromatic carbocycles. The minimum absolute atomic E-state index is 0. The predicted octanol–water partition coefficient (Wildman–Crippen LogP) is 2.77. The van der Waals surface area contributed by atoms with Gasteiger partial charge in [-0.05, 0) is 37.4 Å². The highest BCUT2D eigenvalue weighted by Crippen LogP contribution is 2.24. The Balaban J connectivity index is 0.00000242. The van der Waals surface area contributed by atoms with Gasteiger partial charge in [-0.3, -0.25) is 9.69 Å². The SMILES string of the molecule is CC(C)[C@@H](N)C(=O)NCC(c1ccccc1)N1CCCC1.Cl.Cl. The van der Waals surface area contributed by atoms with Crippen LogP contribution in [0.5, 0.6) is 0 Å². The van der Waals surface area contributed by atoms with Crippen LogP contribution >= 0.6 is 24.8 Å². The number of likely N-dealkylation sites (tertiary alicyclic amines) is 1. The molecule has 0 spiro atoms. The molecule has 0 saturated carbocycles. The molecule has 1 fully saturated rings. The highest BCUT2D eigenvalue weighted by Gasteiger charge is 2.25. The average Bonchev–Trinajstić information content (AvgIpc) is 3.01. The van der Waals surface area contributed by atoms with Crippen molar-refractivity contribution < 1.29 is 4.79 Å². The van der Waals surface area contributed by atoms with Gasteiger partial charge in [0, 0.05) is 6.54 Å². The van der Waals surface area contributed by atoms with Crippen LogP contribution in [-0.4, -0.2) is 36.5 Å². The van der Waals surface area contributed by atoms with Crippen LogP contribution in [0.25, 0.3) is 0 Å². The van der Waals surface area contributed by atoms with Gasteiger partial charge in [0.05, 0.1) is 12.1 Å². The van der Waals surface area contributed by atoms with Gasteiger partial charge in [0.1, 0.15) is 0 Å². The quantitative estimate of drug-likeness (QED) is 0.818. The van der Waals surface area contributed by atoms with E-state index >= 15 is 0 Å². The first-order valence-electron chi connectivity index (χ1n) is 7.92. The highest BCUT2D eigenvalue weighted by atomic mass is 35.5. The summed E-state index contributed by atoms with van der Waals surface area (Å²) >= 11 is 0. The molecular weight excluding hydrogens is 333 g/mol. The fraction of sp³-hybridized carbons (Fsp3) is 0.588. The second kappa shape index (κ2) is 10.9. The molecule has 1 aliphatic rings. The molecule has 132 valence electrons. The Morgan fingerprint density at radius 1 is 1.17 bits per heavy atom. The summed E-state index contributed by atoms with van der Waals surface area (Å²) in [5.74, 6) is 0.108. The molecule has 0 radical (unpaired) electrons. The molecule has 1 heterocycles. The number of rotatable bonds is 6. The van der Waals surface area contributed by atoms with Gasteiger partial charge in [-0.15, -0.1) is 24.8 Å². The number of nitrogens with zero attached hydrogens (tertiary/aromatic N) is 1. The van der Waals surface area contributed by atoms with Crippen LogP contribution in [0.4, 0.5) is 0 Å². The van der Waals surface area contributed by atoms with Gasteiger partial charge >= 0.3 is 0 Å². The molecule has 3 N–H and O–H groups in total. The van der Waals surface area contributed by atoms with Gasteiger partial charge in [-0.1, -0.05) is 44.2 Å². The van der Waals surface area contributed by atoms with Crippen LogP contribution in [0.1, 0.15) is 38.3 Å². The molecule has 23 heavy (non-hydrogen) atoms. The molecule has 6 heteroatoms. The molecule has 2 rings (SSSR count). The van der Waals surface area contributed by atoms with E-state index in [4.69, 9.17) is 5.73 Å². The van der Waals surface area contributed by atoms with E-state index in [-0.39, 0.29) is 42.7 Å². The first-order valence-corrected chi connectivity index (χ1v) is 7.92. The van der Waals surface area contributed by atoms with E-state index < -0.39 is 6.04 Å². The summed E-state index contributed by atoms with van der Waals surface area (Å²) in [6, 6.07) is 10.2. The largest absolute Gasteiger partial charge is 0.353 e. The molecular formula is C17H29Cl2N3O. The summed E-state index contributed by atoms with van der Waals surface area (Å²) in [4.78, 5) is 14.5. The van der Waals surface area contributed by atoms with Gasteiger partial charge in [0.2, 0.25) is 5.91 Å². The zero-order chi connectivity index (χ0) is 15.2. The first kappa shape index (κ1) is 22.2. The Hall–Kier alpha value is -0.810. The van der Waals surface area contributed by atoms with Crippen LogP contribution in [-0.2, 0) is 4.79 Å². The van der Waals surface area contributed by atoms with Crippen molar-refractivity contribution in [2.75, 3.05) is 19.6 Å². The topological polar surface area (TPSA) is 58.4 Å². The van der Waals surface area contributed by atoms with E-state index in [0.29, 0.717) is 6.54 Å². The van der Waals surface area contributed by atoms with Gasteiger partial charge in [0.15, 0.2) is 0 Å². The number of carbonyl (C=O) groups excluding carboxylic acids is 1. The molecule has 1 aliphatic heterocycles. The van der Waals surface area contributed by atoms with Crippen LogP contribution in [0.15, 0.2) is 30.3 Å². The number of hydrogen-bond donors (Lipinski definition) is 2. The van der Waals surface area contributed by atoms with E-state index in [0.717, 1.165) is 13.1 Å². The van der Waals surface area contributed by atoms with Gasteiger partial charge in [-0.25, -0.2) is 0 Å². The van der Waals surface area contributed by atoms with Crippen molar-refractivity contribution >= 4 is 30.7 Å². The lowest BCUT2D eigenvalue weighted by molar-refractivity contribution is -0.123. The van der Waals surface area contributed by atoms with Crippen molar-refractivity contribution in [3.63, 3.8) is 0 Å². The molecule has 4 nitrogen and oxygen atoms in total. The molecule has 1 aromatic rings. The monoisotopic (exact) mass is 361 g/mol. The van der Waals surface area contributed by atoms with Gasteiger partial charge in [-0.2, -0.15) is 0 Å². The van der Waals surface area contributed by atoms with Crippen molar-refractivity contribution in [2.45, 2.75) is 38.8 Å². The smallest absolute Gasteiger partial charge is 0.237 e. The van der Waals surface area contributed by atoms with Crippen LogP contribution < -0.4 is 11.1 Å². The second-order valence-corrected chi connectivity index (χ2v) is 6.18. The highest BCUT2D eigenvalue weighted by molar-refractivity contribution is 5.85. The molecule has 0 aromatic heterocycles. The number of amides is 1. The standard InChI is InChI=1S/C17H27N3O.2ClH/c1-13(2)16(18)17(21)19-12-15(20-10-6-7-11-20)14-8-4-3-5-9-14;;/h3-5,8-9,13,15-16H,6-7,10-12,18H2,1-2H3,(H,19,21);2*1H/t15?,16-;;/m1../s1. The summed E-state index contributed by atoms with van der Waals surface area (Å²) in [6.45, 7) is 6.78. The number of nitrogens with one attached hydrogen (secondary N) is 1. The number of hydrogen-bond acceptors (Lipinski definition) is 3. The maximum absolute atomic E-state index is 12.1. The van der Waals surface area contributed by atoms with Crippen LogP contribution in [0.3, 0.4) is 0 Å². The van der Waals surface area contributed by atoms with Gasteiger partial charge < -0.3 is 11.1 Å². The number of halogens is 2.